The first-order valence-electron chi connectivity index (χ1n) is 6.14. The molecule has 1 unspecified atom stereocenters. The third-order valence-corrected chi connectivity index (χ3v) is 3.86. The van der Waals surface area contributed by atoms with Gasteiger partial charge in [0.1, 0.15) is 6.04 Å². The highest BCUT2D eigenvalue weighted by atomic mass is 79.9. The summed E-state index contributed by atoms with van der Waals surface area (Å²) in [6, 6.07) is 2.74. The molecule has 112 valence electrons. The van der Waals surface area contributed by atoms with Gasteiger partial charge in [0.2, 0.25) is 0 Å². The fraction of sp³-hybridized carbons (Fsp3) is 0.333. The van der Waals surface area contributed by atoms with Gasteiger partial charge >= 0.3 is 12.0 Å². The maximum Gasteiger partial charge on any atom is 0.326 e. The fourth-order valence-electron chi connectivity index (χ4n) is 2.19. The molecule has 1 aliphatic rings. The number of carbonyl (C=O) groups is 2. The quantitative estimate of drug-likeness (QED) is 0.637. The first-order chi connectivity index (χ1) is 9.90. The fourth-order valence-corrected chi connectivity index (χ4v) is 2.58. The summed E-state index contributed by atoms with van der Waals surface area (Å²) in [6.07, 6.45) is 1.02. The van der Waals surface area contributed by atoms with E-state index in [-0.39, 0.29) is 11.4 Å². The topological polar surface area (TPSA) is 113 Å². The molecule has 1 aliphatic heterocycles. The highest BCUT2D eigenvalue weighted by Crippen LogP contribution is 2.28. The minimum Gasteiger partial charge on any atom is -0.480 e. The van der Waals surface area contributed by atoms with Gasteiger partial charge in [0, 0.05) is 18.3 Å². The third kappa shape index (κ3) is 3.30. The Bertz CT molecular complexity index is 607. The Hall–Kier alpha value is -2.16. The SMILES string of the molecule is O=C(O)C1CCCN1C(=O)Nc1ccc(Br)c([N+](=O)[O-])c1. The van der Waals surface area contributed by atoms with Gasteiger partial charge in [-0.1, -0.05) is 0 Å². The second kappa shape index (κ2) is 6.08. The number of anilines is 1. The molecule has 2 N–H and O–H groups in total. The predicted octanol–water partition coefficient (Wildman–Crippen LogP) is 2.44. The lowest BCUT2D eigenvalue weighted by atomic mass is 10.2. The van der Waals surface area contributed by atoms with E-state index in [4.69, 9.17) is 5.11 Å². The molecule has 1 fully saturated rings. The molecule has 8 nitrogen and oxygen atoms in total. The molecule has 0 saturated carbocycles. The Morgan fingerprint density at radius 2 is 2.19 bits per heavy atom. The first-order valence-corrected chi connectivity index (χ1v) is 6.94. The number of amides is 2. The molecule has 0 aromatic heterocycles. The van der Waals surface area contributed by atoms with Gasteiger partial charge < -0.3 is 15.3 Å². The van der Waals surface area contributed by atoms with Crippen LogP contribution in [0.25, 0.3) is 0 Å². The first kappa shape index (κ1) is 15.2. The van der Waals surface area contributed by atoms with E-state index in [1.807, 2.05) is 0 Å². The van der Waals surface area contributed by atoms with Crippen LogP contribution in [0.15, 0.2) is 22.7 Å². The number of likely N-dealkylation sites (tertiary alicyclic amines) is 1. The zero-order chi connectivity index (χ0) is 15.6. The molecule has 0 bridgehead atoms. The molecular formula is C12H12BrN3O5. The zero-order valence-electron chi connectivity index (χ0n) is 10.8. The highest BCUT2D eigenvalue weighted by molar-refractivity contribution is 9.10. The van der Waals surface area contributed by atoms with E-state index in [2.05, 4.69) is 21.2 Å². The van der Waals surface area contributed by atoms with Crippen molar-refractivity contribution < 1.29 is 19.6 Å². The number of carboxylic acids is 1. The molecule has 1 heterocycles. The number of carboxylic acid groups (broad SMARTS) is 1. The van der Waals surface area contributed by atoms with Gasteiger partial charge in [-0.3, -0.25) is 10.1 Å². The van der Waals surface area contributed by atoms with Crippen molar-refractivity contribution in [2.75, 3.05) is 11.9 Å². The number of nitro benzene ring substituents is 1. The van der Waals surface area contributed by atoms with E-state index in [0.717, 1.165) is 0 Å². The number of carbonyl (C=O) groups excluding carboxylic acids is 1. The number of rotatable bonds is 3. The van der Waals surface area contributed by atoms with Gasteiger partial charge in [-0.25, -0.2) is 9.59 Å². The second-order valence-corrected chi connectivity index (χ2v) is 5.40. The lowest BCUT2D eigenvalue weighted by Crippen LogP contribution is -2.42. The van der Waals surface area contributed by atoms with Crippen LogP contribution in [-0.2, 0) is 4.79 Å². The predicted molar refractivity (Wildman–Crippen MR) is 77.2 cm³/mol. The Morgan fingerprint density at radius 1 is 1.48 bits per heavy atom. The van der Waals surface area contributed by atoms with Gasteiger partial charge in [-0.05, 0) is 40.9 Å². The summed E-state index contributed by atoms with van der Waals surface area (Å²) < 4.78 is 0.301. The van der Waals surface area contributed by atoms with Crippen LogP contribution in [0.1, 0.15) is 12.8 Å². The second-order valence-electron chi connectivity index (χ2n) is 4.54. The van der Waals surface area contributed by atoms with Crippen molar-refractivity contribution in [1.82, 2.24) is 4.90 Å². The average molecular weight is 358 g/mol. The normalized spacial score (nSPS) is 17.6. The Kier molecular flexibility index (Phi) is 4.41. The summed E-state index contributed by atoms with van der Waals surface area (Å²) in [5.74, 6) is -1.05. The number of aliphatic carboxylic acids is 1. The Balaban J connectivity index is 2.14. The van der Waals surface area contributed by atoms with Crippen LogP contribution in [0.5, 0.6) is 0 Å². The van der Waals surface area contributed by atoms with Gasteiger partial charge in [0.15, 0.2) is 0 Å². The van der Waals surface area contributed by atoms with Crippen molar-refractivity contribution in [1.29, 1.82) is 0 Å². The molecule has 0 radical (unpaired) electrons. The van der Waals surface area contributed by atoms with Gasteiger partial charge in [0.25, 0.3) is 5.69 Å². The molecule has 9 heteroatoms. The van der Waals surface area contributed by atoms with Crippen LogP contribution in [0.4, 0.5) is 16.2 Å². The number of benzene rings is 1. The summed E-state index contributed by atoms with van der Waals surface area (Å²) in [5, 5.41) is 22.4. The van der Waals surface area contributed by atoms with Crippen LogP contribution in [-0.4, -0.2) is 39.5 Å². The largest absolute Gasteiger partial charge is 0.480 e. The number of nitro groups is 1. The van der Waals surface area contributed by atoms with Crippen molar-refractivity contribution in [3.8, 4) is 0 Å². The lowest BCUT2D eigenvalue weighted by molar-refractivity contribution is -0.385. The van der Waals surface area contributed by atoms with Crippen LogP contribution in [0, 0.1) is 10.1 Å². The highest BCUT2D eigenvalue weighted by Gasteiger charge is 2.34. The minimum atomic E-state index is -1.05. The van der Waals surface area contributed by atoms with Crippen LogP contribution in [0.3, 0.4) is 0 Å². The van der Waals surface area contributed by atoms with E-state index >= 15 is 0 Å². The average Bonchev–Trinajstić information content (AvgIpc) is 2.90. The minimum absolute atomic E-state index is 0.177. The van der Waals surface area contributed by atoms with Crippen LogP contribution in [0.2, 0.25) is 0 Å². The zero-order valence-corrected chi connectivity index (χ0v) is 12.4. The van der Waals surface area contributed by atoms with Crippen molar-refractivity contribution in [2.24, 2.45) is 0 Å². The summed E-state index contributed by atoms with van der Waals surface area (Å²) >= 11 is 3.05. The molecule has 1 saturated heterocycles. The van der Waals surface area contributed by atoms with E-state index < -0.39 is 23.0 Å². The summed E-state index contributed by atoms with van der Waals surface area (Å²) in [6.45, 7) is 0.349. The Morgan fingerprint density at radius 3 is 2.81 bits per heavy atom. The molecule has 0 spiro atoms. The molecule has 1 atom stereocenters. The van der Waals surface area contributed by atoms with E-state index in [0.29, 0.717) is 23.9 Å². The van der Waals surface area contributed by atoms with Crippen LogP contribution < -0.4 is 5.32 Å². The van der Waals surface area contributed by atoms with Crippen molar-refractivity contribution in [3.05, 3.63) is 32.8 Å². The molecular weight excluding hydrogens is 346 g/mol. The number of hydrogen-bond donors (Lipinski definition) is 2. The molecule has 2 amide bonds. The maximum atomic E-state index is 12.1. The number of nitrogens with zero attached hydrogens (tertiary/aromatic N) is 2. The molecule has 1 aromatic carbocycles. The monoisotopic (exact) mass is 357 g/mol. The molecule has 21 heavy (non-hydrogen) atoms. The summed E-state index contributed by atoms with van der Waals surface area (Å²) in [4.78, 5) is 34.6. The van der Waals surface area contributed by atoms with E-state index in [9.17, 15) is 19.7 Å². The van der Waals surface area contributed by atoms with Gasteiger partial charge in [0.05, 0.1) is 9.40 Å². The van der Waals surface area contributed by atoms with Gasteiger partial charge in [-0.15, -0.1) is 0 Å². The number of urea groups is 1. The molecule has 0 aliphatic carbocycles. The maximum absolute atomic E-state index is 12.1. The number of hydrogen-bond acceptors (Lipinski definition) is 4. The third-order valence-electron chi connectivity index (χ3n) is 3.19. The smallest absolute Gasteiger partial charge is 0.326 e. The molecule has 2 rings (SSSR count). The number of halogens is 1. The standard InChI is InChI=1S/C12H12BrN3O5/c13-8-4-3-7(6-10(8)16(20)21)14-12(19)15-5-1-2-9(15)11(17)18/h3-4,6,9H,1-2,5H2,(H,14,19)(H,17,18). The summed E-state index contributed by atoms with van der Waals surface area (Å²) in [7, 11) is 0. The van der Waals surface area contributed by atoms with Crippen LogP contribution >= 0.6 is 15.9 Å². The van der Waals surface area contributed by atoms with Crippen molar-refractivity contribution in [3.63, 3.8) is 0 Å². The molecule has 1 aromatic rings. The lowest BCUT2D eigenvalue weighted by Gasteiger charge is -2.21. The van der Waals surface area contributed by atoms with E-state index in [1.165, 1.54) is 23.1 Å². The number of nitrogens with one attached hydrogen (secondary N) is 1. The van der Waals surface area contributed by atoms with Crippen molar-refractivity contribution in [2.45, 2.75) is 18.9 Å². The summed E-state index contributed by atoms with van der Waals surface area (Å²) in [5.41, 5.74) is 0.0648. The van der Waals surface area contributed by atoms with E-state index in [1.54, 1.807) is 0 Å². The van der Waals surface area contributed by atoms with Crippen molar-refractivity contribution >= 4 is 39.3 Å². The Labute approximate surface area is 128 Å². The van der Waals surface area contributed by atoms with Gasteiger partial charge in [-0.2, -0.15) is 0 Å².